The predicted molar refractivity (Wildman–Crippen MR) is 99.1 cm³/mol. The first kappa shape index (κ1) is 20.5. The molecule has 1 fully saturated rings. The van der Waals surface area contributed by atoms with E-state index < -0.39 is 5.54 Å². The Labute approximate surface area is 150 Å². The van der Waals surface area contributed by atoms with E-state index in [2.05, 4.69) is 5.32 Å². The Bertz CT molecular complexity index is 568. The predicted octanol–water partition coefficient (Wildman–Crippen LogP) is 3.08. The van der Waals surface area contributed by atoms with Crippen molar-refractivity contribution in [1.29, 1.82) is 0 Å². The summed E-state index contributed by atoms with van der Waals surface area (Å²) in [4.78, 5) is 25.8. The zero-order chi connectivity index (χ0) is 17.0. The molecule has 2 amide bonds. The van der Waals surface area contributed by atoms with Gasteiger partial charge in [0, 0.05) is 25.2 Å². The van der Waals surface area contributed by atoms with Gasteiger partial charge in [-0.1, -0.05) is 25.5 Å². The molecule has 0 bridgehead atoms. The van der Waals surface area contributed by atoms with E-state index in [9.17, 15) is 9.59 Å². The Morgan fingerprint density at radius 1 is 1.29 bits per heavy atom. The van der Waals surface area contributed by atoms with E-state index in [-0.39, 0.29) is 24.2 Å². The second kappa shape index (κ2) is 8.49. The first-order chi connectivity index (χ1) is 10.8. The lowest BCUT2D eigenvalue weighted by molar-refractivity contribution is -0.130. The fourth-order valence-electron chi connectivity index (χ4n) is 2.68. The van der Waals surface area contributed by atoms with E-state index in [1.807, 2.05) is 36.1 Å². The van der Waals surface area contributed by atoms with Crippen molar-refractivity contribution in [2.75, 3.05) is 5.32 Å². The van der Waals surface area contributed by atoms with Gasteiger partial charge in [-0.25, -0.2) is 0 Å². The number of nitrogens with zero attached hydrogens (tertiary/aromatic N) is 1. The van der Waals surface area contributed by atoms with Crippen LogP contribution in [0, 0.1) is 0 Å². The second-order valence-electron chi connectivity index (χ2n) is 6.70. The maximum Gasteiger partial charge on any atom is 0.244 e. The van der Waals surface area contributed by atoms with Crippen molar-refractivity contribution in [1.82, 2.24) is 4.90 Å². The van der Waals surface area contributed by atoms with Crippen LogP contribution in [-0.4, -0.2) is 28.3 Å². The molecule has 1 saturated carbocycles. The van der Waals surface area contributed by atoms with Crippen LogP contribution < -0.4 is 11.1 Å². The van der Waals surface area contributed by atoms with E-state index >= 15 is 0 Å². The van der Waals surface area contributed by atoms with Crippen molar-refractivity contribution >= 4 is 29.9 Å². The molecular weight excluding hydrogens is 326 g/mol. The summed E-state index contributed by atoms with van der Waals surface area (Å²) in [6, 6.07) is 8.02. The molecule has 0 heterocycles. The van der Waals surface area contributed by atoms with Crippen LogP contribution in [0.4, 0.5) is 5.69 Å². The molecule has 0 aliphatic heterocycles. The highest BCUT2D eigenvalue weighted by molar-refractivity contribution is 5.97. The molecule has 0 spiro atoms. The zero-order valence-corrected chi connectivity index (χ0v) is 15.5. The van der Waals surface area contributed by atoms with Crippen LogP contribution in [0.15, 0.2) is 24.3 Å². The van der Waals surface area contributed by atoms with Crippen LogP contribution in [0.2, 0.25) is 0 Å². The first-order valence-electron chi connectivity index (χ1n) is 8.30. The molecular formula is C18H28ClN3O2. The molecule has 1 aromatic carbocycles. The van der Waals surface area contributed by atoms with Crippen LogP contribution in [0.3, 0.4) is 0 Å². The van der Waals surface area contributed by atoms with E-state index in [1.54, 1.807) is 13.8 Å². The highest BCUT2D eigenvalue weighted by Gasteiger charge is 2.30. The monoisotopic (exact) mass is 353 g/mol. The Morgan fingerprint density at radius 3 is 2.33 bits per heavy atom. The molecule has 0 aromatic heterocycles. The zero-order valence-electron chi connectivity index (χ0n) is 14.7. The SMILES string of the molecule is CCCC(C)(N)C(=O)Nc1ccc(CN(C(C)=O)C2CC2)cc1.Cl. The minimum atomic E-state index is -0.856. The Hall–Kier alpha value is -1.59. The molecule has 5 nitrogen and oxygen atoms in total. The molecule has 3 N–H and O–H groups in total. The highest BCUT2D eigenvalue weighted by atomic mass is 35.5. The summed E-state index contributed by atoms with van der Waals surface area (Å²) in [5.74, 6) is -0.0567. The van der Waals surface area contributed by atoms with Crippen molar-refractivity contribution in [2.24, 2.45) is 5.73 Å². The molecule has 1 aromatic rings. The summed E-state index contributed by atoms with van der Waals surface area (Å²) in [5, 5.41) is 2.86. The fourth-order valence-corrected chi connectivity index (χ4v) is 2.68. The number of benzene rings is 1. The van der Waals surface area contributed by atoms with Gasteiger partial charge >= 0.3 is 0 Å². The third-order valence-corrected chi connectivity index (χ3v) is 4.24. The number of amides is 2. The van der Waals surface area contributed by atoms with Crippen molar-refractivity contribution in [2.45, 2.75) is 64.6 Å². The smallest absolute Gasteiger partial charge is 0.244 e. The Balaban J connectivity index is 0.00000288. The lowest BCUT2D eigenvalue weighted by Crippen LogP contribution is -2.48. The third-order valence-electron chi connectivity index (χ3n) is 4.24. The molecule has 6 heteroatoms. The van der Waals surface area contributed by atoms with Crippen molar-refractivity contribution in [3.63, 3.8) is 0 Å². The summed E-state index contributed by atoms with van der Waals surface area (Å²) >= 11 is 0. The van der Waals surface area contributed by atoms with Gasteiger partial charge < -0.3 is 16.0 Å². The summed E-state index contributed by atoms with van der Waals surface area (Å²) in [6.45, 7) is 6.00. The van der Waals surface area contributed by atoms with Gasteiger partial charge in [0.05, 0.1) is 5.54 Å². The number of carbonyl (C=O) groups excluding carboxylic acids is 2. The number of hydrogen-bond acceptors (Lipinski definition) is 3. The molecule has 1 aliphatic rings. The fraction of sp³-hybridized carbons (Fsp3) is 0.556. The molecule has 0 radical (unpaired) electrons. The van der Waals surface area contributed by atoms with Gasteiger partial charge in [0.2, 0.25) is 11.8 Å². The van der Waals surface area contributed by atoms with Gasteiger partial charge in [-0.2, -0.15) is 0 Å². The number of carbonyl (C=O) groups is 2. The maximum atomic E-state index is 12.2. The summed E-state index contributed by atoms with van der Waals surface area (Å²) in [7, 11) is 0. The Morgan fingerprint density at radius 2 is 1.88 bits per heavy atom. The quantitative estimate of drug-likeness (QED) is 0.791. The minimum Gasteiger partial charge on any atom is -0.336 e. The molecule has 1 aliphatic carbocycles. The average molecular weight is 354 g/mol. The summed E-state index contributed by atoms with van der Waals surface area (Å²) in [6.07, 6.45) is 3.70. The molecule has 24 heavy (non-hydrogen) atoms. The minimum absolute atomic E-state index is 0. The number of nitrogens with two attached hydrogens (primary N) is 1. The van der Waals surface area contributed by atoms with Crippen LogP contribution in [0.1, 0.15) is 52.0 Å². The molecule has 134 valence electrons. The average Bonchev–Trinajstić information content (AvgIpc) is 3.30. The Kier molecular flexibility index (Phi) is 7.24. The largest absolute Gasteiger partial charge is 0.336 e. The number of hydrogen-bond donors (Lipinski definition) is 2. The van der Waals surface area contributed by atoms with Gasteiger partial charge in [-0.15, -0.1) is 12.4 Å². The van der Waals surface area contributed by atoms with Gasteiger partial charge in [-0.05, 0) is 43.9 Å². The number of rotatable bonds is 7. The van der Waals surface area contributed by atoms with Crippen LogP contribution >= 0.6 is 12.4 Å². The van der Waals surface area contributed by atoms with Crippen LogP contribution in [0.5, 0.6) is 0 Å². The highest BCUT2D eigenvalue weighted by Crippen LogP contribution is 2.28. The standard InChI is InChI=1S/C18H27N3O2.ClH/c1-4-11-18(3,19)17(23)20-15-7-5-14(6-8-15)12-21(13(2)22)16-9-10-16;/h5-8,16H,4,9-12,19H2,1-3H3,(H,20,23);1H. The van der Waals surface area contributed by atoms with Crippen molar-refractivity contribution in [3.8, 4) is 0 Å². The second-order valence-corrected chi connectivity index (χ2v) is 6.70. The van der Waals surface area contributed by atoms with Gasteiger partial charge in [0.25, 0.3) is 0 Å². The van der Waals surface area contributed by atoms with Gasteiger partial charge in [0.15, 0.2) is 0 Å². The molecule has 0 saturated heterocycles. The normalized spacial score (nSPS) is 15.8. The lowest BCUT2D eigenvalue weighted by atomic mass is 9.96. The number of nitrogens with one attached hydrogen (secondary N) is 1. The van der Waals surface area contributed by atoms with E-state index in [1.165, 1.54) is 0 Å². The third kappa shape index (κ3) is 5.49. The topological polar surface area (TPSA) is 75.4 Å². The maximum absolute atomic E-state index is 12.2. The van der Waals surface area contributed by atoms with E-state index in [0.29, 0.717) is 19.0 Å². The lowest BCUT2D eigenvalue weighted by Gasteiger charge is -2.23. The van der Waals surface area contributed by atoms with Crippen LogP contribution in [0.25, 0.3) is 0 Å². The molecule has 2 rings (SSSR count). The van der Waals surface area contributed by atoms with Crippen molar-refractivity contribution in [3.05, 3.63) is 29.8 Å². The summed E-state index contributed by atoms with van der Waals surface area (Å²) < 4.78 is 0. The first-order valence-corrected chi connectivity index (χ1v) is 8.30. The van der Waals surface area contributed by atoms with Gasteiger partial charge in [-0.3, -0.25) is 9.59 Å². The number of halogens is 1. The van der Waals surface area contributed by atoms with Crippen LogP contribution in [-0.2, 0) is 16.1 Å². The van der Waals surface area contributed by atoms with E-state index in [4.69, 9.17) is 5.73 Å². The molecule has 1 atom stereocenters. The van der Waals surface area contributed by atoms with E-state index in [0.717, 1.165) is 30.5 Å². The van der Waals surface area contributed by atoms with Crippen molar-refractivity contribution < 1.29 is 9.59 Å². The summed E-state index contributed by atoms with van der Waals surface area (Å²) in [5.41, 5.74) is 6.97. The molecule has 1 unspecified atom stereocenters. The van der Waals surface area contributed by atoms with Gasteiger partial charge in [0.1, 0.15) is 0 Å². The number of anilines is 1.